The Balaban J connectivity index is 0.753. The zero-order valence-corrected chi connectivity index (χ0v) is 61.4. The third-order valence-corrected chi connectivity index (χ3v) is 23.6. The van der Waals surface area contributed by atoms with Crippen molar-refractivity contribution in [3.63, 3.8) is 0 Å². The number of carbonyl (C=O) groups is 5. The molecule has 101 heavy (non-hydrogen) atoms. The number of unbranched alkanes of at least 4 members (excludes halogenated alkanes) is 2. The number of likely N-dealkylation sites (tertiary alicyclic amines) is 1. The Morgan fingerprint density at radius 3 is 2.09 bits per heavy atom. The van der Waals surface area contributed by atoms with Gasteiger partial charge in [-0.1, -0.05) is 107 Å². The van der Waals surface area contributed by atoms with Crippen LogP contribution in [0.25, 0.3) is 5.57 Å². The number of amides is 5. The molecule has 0 saturated carbocycles. The number of nitrogens with zero attached hydrogens (tertiary/aromatic N) is 5. The average molecular weight is 1470 g/mol. The van der Waals surface area contributed by atoms with Crippen LogP contribution in [-0.4, -0.2) is 179 Å². The van der Waals surface area contributed by atoms with Gasteiger partial charge in [-0.05, 0) is 152 Å². The quantitative estimate of drug-likeness (QED) is 0.0187. The van der Waals surface area contributed by atoms with Crippen LogP contribution in [0.15, 0.2) is 142 Å². The maximum atomic E-state index is 14.6. The highest BCUT2D eigenvalue weighted by Gasteiger charge is 2.49. The zero-order chi connectivity index (χ0) is 73.0. The van der Waals surface area contributed by atoms with E-state index < -0.39 is 94.3 Å². The summed E-state index contributed by atoms with van der Waals surface area (Å²) in [5.74, 6) is 0.416. The van der Waals surface area contributed by atoms with Crippen molar-refractivity contribution < 1.29 is 59.1 Å². The number of nitrogens with one attached hydrogen (secondary N) is 4. The van der Waals surface area contributed by atoms with Crippen LogP contribution in [0, 0.1) is 23.2 Å². The molecule has 0 spiro atoms. The number of sulfonamides is 1. The average Bonchev–Trinajstić information content (AvgIpc) is 1.15. The van der Waals surface area contributed by atoms with Crippen LogP contribution >= 0.6 is 23.4 Å². The van der Waals surface area contributed by atoms with E-state index in [0.29, 0.717) is 88.1 Å². The molecule has 0 radical (unpaired) electrons. The number of anilines is 2. The van der Waals surface area contributed by atoms with Gasteiger partial charge in [0.25, 0.3) is 25.8 Å². The van der Waals surface area contributed by atoms with Crippen molar-refractivity contribution in [1.82, 2.24) is 35.0 Å². The van der Waals surface area contributed by atoms with E-state index in [1.807, 2.05) is 87.0 Å². The highest BCUT2D eigenvalue weighted by Crippen LogP contribution is 2.43. The summed E-state index contributed by atoms with van der Waals surface area (Å²) < 4.78 is 100. The number of aliphatic hydroxyl groups is 1. The molecule has 3 heterocycles. The summed E-state index contributed by atoms with van der Waals surface area (Å²) in [6.45, 7) is 17.7. The second-order valence-corrected chi connectivity index (χ2v) is 33.7. The molecule has 3 aliphatic heterocycles. The largest absolute Gasteiger partial charge is 0.501 e. The zero-order valence-electron chi connectivity index (χ0n) is 58.2. The Morgan fingerprint density at radius 2 is 1.45 bits per heavy atom. The van der Waals surface area contributed by atoms with Crippen molar-refractivity contribution >= 4 is 89.7 Å². The molecular formula is C75H93ClF3N9O10S3. The lowest BCUT2D eigenvalue weighted by atomic mass is 9.73. The van der Waals surface area contributed by atoms with Gasteiger partial charge in [0.15, 0.2) is 0 Å². The molecule has 19 nitrogen and oxygen atoms in total. The first-order chi connectivity index (χ1) is 47.8. The van der Waals surface area contributed by atoms with Crippen molar-refractivity contribution in [1.29, 1.82) is 0 Å². The number of hydrogen-bond donors (Lipinski definition) is 5. The van der Waals surface area contributed by atoms with Crippen molar-refractivity contribution in [3.8, 4) is 12.3 Å². The van der Waals surface area contributed by atoms with E-state index in [0.717, 1.165) is 67.2 Å². The van der Waals surface area contributed by atoms with Crippen molar-refractivity contribution in [2.45, 2.75) is 156 Å². The number of carbonyl (C=O) groups excluding carboxylic acids is 5. The van der Waals surface area contributed by atoms with E-state index in [1.165, 1.54) is 45.5 Å². The summed E-state index contributed by atoms with van der Waals surface area (Å²) in [6, 6.07) is 30.0. The summed E-state index contributed by atoms with van der Waals surface area (Å²) in [5.41, 5.74) is -0.602. The fourth-order valence-corrected chi connectivity index (χ4v) is 16.5. The number of alkyl halides is 3. The molecule has 544 valence electrons. The highest BCUT2D eigenvalue weighted by molar-refractivity contribution is 7.99. The van der Waals surface area contributed by atoms with Gasteiger partial charge in [-0.15, -0.1) is 18.2 Å². The Morgan fingerprint density at radius 1 is 0.792 bits per heavy atom. The van der Waals surface area contributed by atoms with Crippen molar-refractivity contribution in [2.75, 3.05) is 88.0 Å². The van der Waals surface area contributed by atoms with Crippen molar-refractivity contribution in [3.05, 3.63) is 154 Å². The topological polar surface area (TPSA) is 238 Å². The summed E-state index contributed by atoms with van der Waals surface area (Å²) in [4.78, 5) is 76.7. The number of halogens is 4. The van der Waals surface area contributed by atoms with Gasteiger partial charge < -0.3 is 35.8 Å². The van der Waals surface area contributed by atoms with E-state index in [1.54, 1.807) is 29.2 Å². The van der Waals surface area contributed by atoms with Gasteiger partial charge in [0.2, 0.25) is 23.6 Å². The van der Waals surface area contributed by atoms with E-state index in [-0.39, 0.29) is 54.4 Å². The monoisotopic (exact) mass is 1470 g/mol. The third-order valence-electron chi connectivity index (χ3n) is 19.3. The van der Waals surface area contributed by atoms with Crippen molar-refractivity contribution in [2.24, 2.45) is 10.8 Å². The number of hydrogen-bond acceptors (Lipinski definition) is 15. The van der Waals surface area contributed by atoms with Crippen LogP contribution in [-0.2, 0) is 39.0 Å². The lowest BCUT2D eigenvalue weighted by Gasteiger charge is -2.39. The standard InChI is InChI=1S/C75H93ClF3N9O10S3/c1-8-52-19-21-53(22-20-52)51(2)80-71(93)65-45-60(89)49-88(65)72(94)69(73(3,4)5)82-67(90)17-13-10-14-18-68(91)87-43-37-84(38-44-87)36-34-58(50-99-61-15-11-9-12-16-61)81-64-32-31-62(46-66(64)100(95,96)75(77,78)79)101(97,98)83-70(92)55-25-29-59(30-26-55)86-41-39-85(40-42-86)48-56-47-74(6,7)35-33-63(56)54-23-27-57(76)28-24-54/h1,9,11-12,15-16,19-32,46,51,58,60,65,69,81,89H,10,13-14,17-18,33-45,47-50H2,2-7H3,(H,80,93)(H,82,90)(H,83,92)/t51-,58+,60+,65-,69+/m0/s1. The molecule has 3 fully saturated rings. The van der Waals surface area contributed by atoms with Gasteiger partial charge in [0.1, 0.15) is 17.0 Å². The van der Waals surface area contributed by atoms with E-state index in [9.17, 15) is 59.1 Å². The molecule has 5 aromatic rings. The third kappa shape index (κ3) is 20.9. The van der Waals surface area contributed by atoms with Crippen LogP contribution < -0.4 is 25.6 Å². The fraction of sp³-hybridized carbons (Fsp3) is 0.480. The minimum Gasteiger partial charge on any atom is -0.391 e. The van der Waals surface area contributed by atoms with Crippen LogP contribution in [0.1, 0.15) is 139 Å². The molecule has 9 rings (SSSR count). The lowest BCUT2D eigenvalue weighted by molar-refractivity contribution is -0.144. The first-order valence-electron chi connectivity index (χ1n) is 34.4. The molecule has 5 N–H and O–H groups in total. The first-order valence-corrected chi connectivity index (χ1v) is 38.8. The molecule has 4 aliphatic rings. The maximum absolute atomic E-state index is 14.6. The first kappa shape index (κ1) is 77.7. The molecule has 0 unspecified atom stereocenters. The summed E-state index contributed by atoms with van der Waals surface area (Å²) >= 11 is 7.61. The second kappa shape index (κ2) is 33.8. The number of aliphatic hydroxyl groups excluding tert-OH is 1. The van der Waals surface area contributed by atoms with Crippen LogP contribution in [0.3, 0.4) is 0 Å². The molecule has 1 aliphatic carbocycles. The molecule has 0 bridgehead atoms. The van der Waals surface area contributed by atoms with E-state index in [4.69, 9.17) is 18.0 Å². The second-order valence-electron chi connectivity index (χ2n) is 28.6. The number of sulfone groups is 1. The predicted octanol–water partition coefficient (Wildman–Crippen LogP) is 10.9. The molecule has 0 aromatic heterocycles. The molecule has 3 saturated heterocycles. The Bertz CT molecular complexity index is 4040. The van der Waals surface area contributed by atoms with Gasteiger partial charge in [0, 0.05) is 130 Å². The fourth-order valence-electron chi connectivity index (χ4n) is 13.4. The number of rotatable bonds is 27. The predicted molar refractivity (Wildman–Crippen MR) is 389 cm³/mol. The van der Waals surface area contributed by atoms with Crippen LogP contribution in [0.4, 0.5) is 24.5 Å². The van der Waals surface area contributed by atoms with Gasteiger partial charge in [0.05, 0.1) is 22.7 Å². The summed E-state index contributed by atoms with van der Waals surface area (Å²) in [6.07, 6.45) is 9.80. The van der Waals surface area contributed by atoms with Crippen LogP contribution in [0.5, 0.6) is 0 Å². The number of β-amino-alcohol motifs (C(OH)–C–C–N with tert-alkyl or cyclic N) is 1. The molecule has 5 aromatic carbocycles. The molecular weight excluding hydrogens is 1380 g/mol. The summed E-state index contributed by atoms with van der Waals surface area (Å²) in [7, 11) is -11.1. The number of allylic oxidation sites excluding steroid dienone is 1. The Kier molecular flexibility index (Phi) is 26.0. The van der Waals surface area contributed by atoms with E-state index in [2.05, 4.69) is 62.6 Å². The normalized spacial score (nSPS) is 18.9. The Labute approximate surface area is 601 Å². The van der Waals surface area contributed by atoms with Gasteiger partial charge in [-0.3, -0.25) is 33.8 Å². The van der Waals surface area contributed by atoms with Gasteiger partial charge in [-0.25, -0.2) is 21.6 Å². The number of benzene rings is 5. The lowest BCUT2D eigenvalue weighted by Crippen LogP contribution is -2.57. The summed E-state index contributed by atoms with van der Waals surface area (Å²) in [5, 5.41) is 20.2. The minimum absolute atomic E-state index is 0.0399. The molecule has 26 heteroatoms. The smallest absolute Gasteiger partial charge is 0.391 e. The van der Waals surface area contributed by atoms with Gasteiger partial charge in [-0.2, -0.15) is 13.2 Å². The number of thioether (sulfide) groups is 1. The molecule has 5 amide bonds. The highest BCUT2D eigenvalue weighted by atomic mass is 35.5. The molecule has 5 atom stereocenters. The van der Waals surface area contributed by atoms with E-state index >= 15 is 0 Å². The number of piperazine rings is 2. The minimum atomic E-state index is -6.18. The maximum Gasteiger partial charge on any atom is 0.501 e. The Hall–Kier alpha value is -7.44. The SMILES string of the molecule is C#Cc1ccc([C@H](C)NC(=O)[C@@H]2C[C@@H](O)CN2C(=O)[C@@H](NC(=O)CCCCCC(=O)N2CCN(CC[C@H](CSc3ccccc3)Nc3ccc(S(=O)(=O)NC(=O)c4ccc(N5CCN(CC6=C(c7ccc(Cl)cc7)CCC(C)(C)C6)CC5)cc4)cc3S(=O)(=O)C(F)(F)F)CC2)C(C)(C)C)cc1. The number of terminal acetylenes is 1. The van der Waals surface area contributed by atoms with Crippen LogP contribution in [0.2, 0.25) is 5.02 Å². The van der Waals surface area contributed by atoms with Gasteiger partial charge >= 0.3 is 5.51 Å².